The van der Waals surface area contributed by atoms with E-state index in [1.807, 2.05) is 13.0 Å². The largest absolute Gasteiger partial charge is 0.398 e. The highest BCUT2D eigenvalue weighted by Crippen LogP contribution is 2.38. The summed E-state index contributed by atoms with van der Waals surface area (Å²) in [5, 5.41) is 3.34. The van der Waals surface area contributed by atoms with Gasteiger partial charge in [-0.15, -0.1) is 0 Å². The van der Waals surface area contributed by atoms with Gasteiger partial charge in [0.2, 0.25) is 0 Å². The molecule has 0 atom stereocenters. The Morgan fingerprint density at radius 3 is 2.37 bits per heavy atom. The van der Waals surface area contributed by atoms with Crippen molar-refractivity contribution in [2.45, 2.75) is 13.3 Å². The molecule has 0 amide bonds. The average Bonchev–Trinajstić information content (AvgIpc) is 2.58. The van der Waals surface area contributed by atoms with Gasteiger partial charge in [-0.05, 0) is 24.6 Å². The van der Waals surface area contributed by atoms with Crippen LogP contribution in [0.4, 0.5) is 17.1 Å². The molecule has 0 aliphatic heterocycles. The Labute approximate surface area is 159 Å². The number of fused-ring (bicyclic) bond motifs is 2. The summed E-state index contributed by atoms with van der Waals surface area (Å²) in [6, 6.07) is 6.79. The standard InChI is InChI=1S/C21H26N4O2/c1-12-11-15(24-9-6-10-25(2,3)4)17-18(19(12)23)20(26)13-7-5-8-14(22)16(13)21(17)27/h5,7-8,11H,6,9-10H2,1-4H3,(H4-,22,23,24,26,27)/p+1. The fraction of sp³-hybridized carbons (Fsp3) is 0.333. The number of nitrogens with one attached hydrogen (secondary N) is 1. The van der Waals surface area contributed by atoms with Crippen LogP contribution < -0.4 is 16.8 Å². The SMILES string of the molecule is Cc1cc(NCCC[N+](C)(C)C)c2c(c1N)C(=O)c1cccc(N)c1C2=O. The molecule has 5 N–H and O–H groups in total. The molecule has 6 nitrogen and oxygen atoms in total. The molecule has 0 radical (unpaired) electrons. The van der Waals surface area contributed by atoms with E-state index in [2.05, 4.69) is 26.5 Å². The number of nitrogens with zero attached hydrogens (tertiary/aromatic N) is 1. The predicted molar refractivity (Wildman–Crippen MR) is 109 cm³/mol. The number of benzene rings is 2. The maximum atomic E-state index is 13.2. The average molecular weight is 367 g/mol. The number of ketones is 2. The number of nitrogens with two attached hydrogens (primary N) is 2. The Kier molecular flexibility index (Phi) is 4.70. The van der Waals surface area contributed by atoms with Gasteiger partial charge >= 0.3 is 0 Å². The van der Waals surface area contributed by atoms with Crippen LogP contribution in [0.2, 0.25) is 0 Å². The zero-order chi connectivity index (χ0) is 19.9. The summed E-state index contributed by atoms with van der Waals surface area (Å²) >= 11 is 0. The van der Waals surface area contributed by atoms with Gasteiger partial charge in [-0.2, -0.15) is 0 Å². The zero-order valence-corrected chi connectivity index (χ0v) is 16.3. The van der Waals surface area contributed by atoms with Crippen LogP contribution in [0.5, 0.6) is 0 Å². The van der Waals surface area contributed by atoms with Gasteiger partial charge in [0, 0.05) is 35.6 Å². The first kappa shape index (κ1) is 18.9. The third kappa shape index (κ3) is 3.40. The van der Waals surface area contributed by atoms with Gasteiger partial charge < -0.3 is 21.3 Å². The zero-order valence-electron chi connectivity index (χ0n) is 16.3. The lowest BCUT2D eigenvalue weighted by atomic mass is 9.80. The molecule has 3 rings (SSSR count). The number of hydrogen-bond acceptors (Lipinski definition) is 5. The van der Waals surface area contributed by atoms with Crippen molar-refractivity contribution in [1.29, 1.82) is 0 Å². The molecule has 2 aromatic rings. The topological polar surface area (TPSA) is 98.2 Å². The van der Waals surface area contributed by atoms with E-state index in [9.17, 15) is 9.59 Å². The lowest BCUT2D eigenvalue weighted by Gasteiger charge is -2.26. The van der Waals surface area contributed by atoms with Crippen molar-refractivity contribution in [3.05, 3.63) is 52.1 Å². The predicted octanol–water partition coefficient (Wildman–Crippen LogP) is 2.44. The third-order valence-corrected chi connectivity index (χ3v) is 4.92. The number of carbonyl (C=O) groups excluding carboxylic acids is 2. The van der Waals surface area contributed by atoms with Crippen molar-refractivity contribution in [2.24, 2.45) is 0 Å². The summed E-state index contributed by atoms with van der Waals surface area (Å²) in [4.78, 5) is 26.3. The van der Waals surface area contributed by atoms with Crippen LogP contribution >= 0.6 is 0 Å². The first-order chi connectivity index (χ1) is 12.6. The number of anilines is 3. The first-order valence-corrected chi connectivity index (χ1v) is 9.07. The van der Waals surface area contributed by atoms with E-state index in [4.69, 9.17) is 11.5 Å². The van der Waals surface area contributed by atoms with Crippen LogP contribution in [0.15, 0.2) is 24.3 Å². The lowest BCUT2D eigenvalue weighted by molar-refractivity contribution is -0.870. The van der Waals surface area contributed by atoms with Crippen molar-refractivity contribution in [1.82, 2.24) is 0 Å². The van der Waals surface area contributed by atoms with E-state index >= 15 is 0 Å². The smallest absolute Gasteiger partial charge is 0.198 e. The highest BCUT2D eigenvalue weighted by atomic mass is 16.1. The van der Waals surface area contributed by atoms with E-state index in [0.29, 0.717) is 34.7 Å². The van der Waals surface area contributed by atoms with Crippen molar-refractivity contribution >= 4 is 28.6 Å². The molecule has 0 spiro atoms. The minimum absolute atomic E-state index is 0.248. The summed E-state index contributed by atoms with van der Waals surface area (Å²) in [5.74, 6) is -0.499. The van der Waals surface area contributed by atoms with Crippen molar-refractivity contribution in [3.8, 4) is 0 Å². The van der Waals surface area contributed by atoms with Gasteiger partial charge in [0.25, 0.3) is 0 Å². The molecule has 0 heterocycles. The van der Waals surface area contributed by atoms with Gasteiger partial charge in [-0.3, -0.25) is 9.59 Å². The molecular formula is C21H27N4O2+. The third-order valence-electron chi connectivity index (χ3n) is 4.92. The minimum atomic E-state index is -0.251. The molecule has 6 heteroatoms. The molecule has 0 fully saturated rings. The Hall–Kier alpha value is -2.86. The van der Waals surface area contributed by atoms with Crippen molar-refractivity contribution < 1.29 is 14.1 Å². The minimum Gasteiger partial charge on any atom is -0.398 e. The van der Waals surface area contributed by atoms with Crippen LogP contribution in [0, 0.1) is 6.92 Å². The highest BCUT2D eigenvalue weighted by Gasteiger charge is 2.35. The number of quaternary nitrogens is 1. The molecule has 0 saturated carbocycles. The number of nitrogen functional groups attached to an aromatic ring is 2. The summed E-state index contributed by atoms with van der Waals surface area (Å²) < 4.78 is 0.863. The molecule has 0 saturated heterocycles. The maximum absolute atomic E-state index is 13.2. The molecule has 0 unspecified atom stereocenters. The normalized spacial score (nSPS) is 13.3. The van der Waals surface area contributed by atoms with E-state index in [-0.39, 0.29) is 22.7 Å². The fourth-order valence-corrected chi connectivity index (χ4v) is 3.49. The van der Waals surface area contributed by atoms with Crippen LogP contribution in [0.3, 0.4) is 0 Å². The van der Waals surface area contributed by atoms with Gasteiger partial charge in [0.15, 0.2) is 11.6 Å². The molecule has 1 aliphatic carbocycles. The quantitative estimate of drug-likeness (QED) is 0.365. The second-order valence-corrected chi connectivity index (χ2v) is 8.13. The maximum Gasteiger partial charge on any atom is 0.198 e. The Balaban J connectivity index is 2.04. The Bertz CT molecular complexity index is 942. The number of aryl methyl sites for hydroxylation is 1. The molecule has 142 valence electrons. The Morgan fingerprint density at radius 2 is 1.70 bits per heavy atom. The molecule has 2 aromatic carbocycles. The number of carbonyl (C=O) groups is 2. The second-order valence-electron chi connectivity index (χ2n) is 8.13. The Morgan fingerprint density at radius 1 is 1.00 bits per heavy atom. The van der Waals surface area contributed by atoms with Crippen molar-refractivity contribution in [2.75, 3.05) is 51.0 Å². The molecule has 0 aromatic heterocycles. The van der Waals surface area contributed by atoms with E-state index in [1.54, 1.807) is 18.2 Å². The molecular weight excluding hydrogens is 340 g/mol. The van der Waals surface area contributed by atoms with Crippen LogP contribution in [-0.4, -0.2) is 50.3 Å². The molecule has 27 heavy (non-hydrogen) atoms. The van der Waals surface area contributed by atoms with Crippen LogP contribution in [0.1, 0.15) is 43.8 Å². The van der Waals surface area contributed by atoms with Crippen molar-refractivity contribution in [3.63, 3.8) is 0 Å². The lowest BCUT2D eigenvalue weighted by Crippen LogP contribution is -2.36. The highest BCUT2D eigenvalue weighted by molar-refractivity contribution is 6.33. The summed E-state index contributed by atoms with van der Waals surface area (Å²) in [7, 11) is 6.41. The second kappa shape index (κ2) is 6.70. The summed E-state index contributed by atoms with van der Waals surface area (Å²) in [6.45, 7) is 3.54. The van der Waals surface area contributed by atoms with Crippen LogP contribution in [-0.2, 0) is 0 Å². The van der Waals surface area contributed by atoms with Gasteiger partial charge in [-0.25, -0.2) is 0 Å². The van der Waals surface area contributed by atoms with E-state index in [0.717, 1.165) is 23.0 Å². The summed E-state index contributed by atoms with van der Waals surface area (Å²) in [5.41, 5.74) is 15.5. The van der Waals surface area contributed by atoms with E-state index in [1.165, 1.54) is 0 Å². The van der Waals surface area contributed by atoms with Crippen LogP contribution in [0.25, 0.3) is 0 Å². The molecule has 0 bridgehead atoms. The fourth-order valence-electron chi connectivity index (χ4n) is 3.49. The molecule has 1 aliphatic rings. The monoisotopic (exact) mass is 367 g/mol. The number of hydrogen-bond donors (Lipinski definition) is 3. The van der Waals surface area contributed by atoms with Gasteiger partial charge in [0.05, 0.1) is 44.4 Å². The van der Waals surface area contributed by atoms with E-state index < -0.39 is 0 Å². The van der Waals surface area contributed by atoms with Gasteiger partial charge in [0.1, 0.15) is 0 Å². The van der Waals surface area contributed by atoms with Gasteiger partial charge in [-0.1, -0.05) is 12.1 Å². The number of rotatable bonds is 5. The first-order valence-electron chi connectivity index (χ1n) is 9.07. The summed E-state index contributed by atoms with van der Waals surface area (Å²) in [6.07, 6.45) is 0.933.